The molecule has 2 N–H and O–H groups in total. The first-order valence-electron chi connectivity index (χ1n) is 3.68. The van der Waals surface area contributed by atoms with Crippen LogP contribution in [-0.4, -0.2) is 11.3 Å². The maximum atomic E-state index is 12.5. The van der Waals surface area contributed by atoms with Crippen LogP contribution in [0.3, 0.4) is 0 Å². The number of carbonyl (C=O) groups is 1. The lowest BCUT2D eigenvalue weighted by molar-refractivity contribution is 0.111. The zero-order chi connectivity index (χ0) is 10.7. The number of halogens is 3. The molecular formula is C8H7BrF2N2O. The number of aldehydes is 1. The summed E-state index contributed by atoms with van der Waals surface area (Å²) in [4.78, 5) is 13.9. The number of carbonyl (C=O) groups excluding carboxylic acids is 1. The highest BCUT2D eigenvalue weighted by Gasteiger charge is 2.17. The standard InChI is InChI=1S/C8H7BrF2N2O/c9-2-5-6(12)1-4(3-14)13-7(5)8(10)11/h1,3,8H,2H2,(H2,12,13). The van der Waals surface area contributed by atoms with Gasteiger partial charge in [-0.1, -0.05) is 15.9 Å². The second-order valence-electron chi connectivity index (χ2n) is 2.55. The number of pyridine rings is 1. The Morgan fingerprint density at radius 2 is 2.29 bits per heavy atom. The Kier molecular flexibility index (Phi) is 3.51. The lowest BCUT2D eigenvalue weighted by atomic mass is 10.1. The van der Waals surface area contributed by atoms with Crippen LogP contribution < -0.4 is 5.73 Å². The second-order valence-corrected chi connectivity index (χ2v) is 3.11. The molecule has 0 radical (unpaired) electrons. The number of alkyl halides is 3. The van der Waals surface area contributed by atoms with Gasteiger partial charge in [-0.2, -0.15) is 0 Å². The Balaban J connectivity index is 3.35. The van der Waals surface area contributed by atoms with Gasteiger partial charge in [0.25, 0.3) is 6.43 Å². The van der Waals surface area contributed by atoms with Crippen LogP contribution in [0.15, 0.2) is 6.07 Å². The summed E-state index contributed by atoms with van der Waals surface area (Å²) in [6.45, 7) is 0. The van der Waals surface area contributed by atoms with Crippen molar-refractivity contribution in [1.82, 2.24) is 4.98 Å². The molecule has 0 unspecified atom stereocenters. The van der Waals surface area contributed by atoms with Crippen molar-refractivity contribution in [2.75, 3.05) is 5.73 Å². The summed E-state index contributed by atoms with van der Waals surface area (Å²) < 4.78 is 24.9. The summed E-state index contributed by atoms with van der Waals surface area (Å²) in [5.41, 5.74) is 5.34. The van der Waals surface area contributed by atoms with Crippen LogP contribution in [0.4, 0.5) is 14.5 Å². The van der Waals surface area contributed by atoms with Crippen molar-refractivity contribution in [3.63, 3.8) is 0 Å². The van der Waals surface area contributed by atoms with Crippen molar-refractivity contribution >= 4 is 27.9 Å². The summed E-state index contributed by atoms with van der Waals surface area (Å²) in [5.74, 6) is 0. The Labute approximate surface area is 87.4 Å². The van der Waals surface area contributed by atoms with E-state index in [1.165, 1.54) is 6.07 Å². The molecule has 0 saturated heterocycles. The van der Waals surface area contributed by atoms with Crippen molar-refractivity contribution < 1.29 is 13.6 Å². The van der Waals surface area contributed by atoms with Gasteiger partial charge < -0.3 is 5.73 Å². The maximum Gasteiger partial charge on any atom is 0.280 e. The van der Waals surface area contributed by atoms with E-state index in [4.69, 9.17) is 5.73 Å². The van der Waals surface area contributed by atoms with Gasteiger partial charge in [-0.3, -0.25) is 4.79 Å². The summed E-state index contributed by atoms with van der Waals surface area (Å²) in [6, 6.07) is 1.27. The Bertz CT molecular complexity index is 357. The van der Waals surface area contributed by atoms with Gasteiger partial charge in [-0.15, -0.1) is 0 Å². The highest BCUT2D eigenvalue weighted by Crippen LogP contribution is 2.27. The summed E-state index contributed by atoms with van der Waals surface area (Å²) >= 11 is 3.03. The highest BCUT2D eigenvalue weighted by molar-refractivity contribution is 9.08. The Morgan fingerprint density at radius 3 is 2.71 bits per heavy atom. The van der Waals surface area contributed by atoms with Crippen molar-refractivity contribution in [2.24, 2.45) is 0 Å². The first kappa shape index (κ1) is 11.0. The van der Waals surface area contributed by atoms with Crippen LogP contribution >= 0.6 is 15.9 Å². The topological polar surface area (TPSA) is 56.0 Å². The third kappa shape index (κ3) is 2.06. The minimum Gasteiger partial charge on any atom is -0.398 e. The van der Waals surface area contributed by atoms with E-state index in [2.05, 4.69) is 20.9 Å². The molecule has 0 saturated carbocycles. The molecule has 6 heteroatoms. The maximum absolute atomic E-state index is 12.5. The van der Waals surface area contributed by atoms with Crippen LogP contribution in [0.1, 0.15) is 28.2 Å². The first-order valence-corrected chi connectivity index (χ1v) is 4.81. The third-order valence-corrected chi connectivity index (χ3v) is 2.23. The van der Waals surface area contributed by atoms with E-state index >= 15 is 0 Å². The van der Waals surface area contributed by atoms with E-state index in [9.17, 15) is 13.6 Å². The lowest BCUT2D eigenvalue weighted by Crippen LogP contribution is -2.04. The molecule has 0 fully saturated rings. The molecule has 3 nitrogen and oxygen atoms in total. The Hall–Kier alpha value is -1.04. The van der Waals surface area contributed by atoms with Crippen molar-refractivity contribution in [2.45, 2.75) is 11.8 Å². The second kappa shape index (κ2) is 4.45. The molecule has 14 heavy (non-hydrogen) atoms. The molecule has 0 aliphatic carbocycles. The average molecular weight is 265 g/mol. The van der Waals surface area contributed by atoms with Gasteiger partial charge in [0.2, 0.25) is 0 Å². The number of aromatic nitrogens is 1. The average Bonchev–Trinajstić information content (AvgIpc) is 2.16. The summed E-state index contributed by atoms with van der Waals surface area (Å²) in [7, 11) is 0. The molecule has 76 valence electrons. The zero-order valence-corrected chi connectivity index (χ0v) is 8.59. The van der Waals surface area contributed by atoms with Crippen molar-refractivity contribution in [3.8, 4) is 0 Å². The normalized spacial score (nSPS) is 10.6. The van der Waals surface area contributed by atoms with Gasteiger partial charge >= 0.3 is 0 Å². The van der Waals surface area contributed by atoms with E-state index in [-0.39, 0.29) is 22.3 Å². The van der Waals surface area contributed by atoms with Crippen LogP contribution in [0.5, 0.6) is 0 Å². The predicted molar refractivity (Wildman–Crippen MR) is 51.6 cm³/mol. The molecular weight excluding hydrogens is 258 g/mol. The summed E-state index contributed by atoms with van der Waals surface area (Å²) in [5, 5.41) is 0.185. The van der Waals surface area contributed by atoms with Gasteiger partial charge in [0.1, 0.15) is 11.4 Å². The molecule has 1 heterocycles. The molecule has 1 aromatic heterocycles. The van der Waals surface area contributed by atoms with E-state index in [0.717, 1.165) is 0 Å². The van der Waals surface area contributed by atoms with Crippen LogP contribution in [-0.2, 0) is 5.33 Å². The van der Waals surface area contributed by atoms with Crippen molar-refractivity contribution in [3.05, 3.63) is 23.0 Å². The molecule has 1 rings (SSSR count). The van der Waals surface area contributed by atoms with Gasteiger partial charge in [-0.05, 0) is 6.07 Å². The smallest absolute Gasteiger partial charge is 0.280 e. The molecule has 0 bridgehead atoms. The molecule has 0 amide bonds. The number of hydrogen-bond acceptors (Lipinski definition) is 3. The summed E-state index contributed by atoms with van der Waals surface area (Å²) in [6.07, 6.45) is -2.34. The van der Waals surface area contributed by atoms with Crippen molar-refractivity contribution in [1.29, 1.82) is 0 Å². The van der Waals surface area contributed by atoms with Gasteiger partial charge in [0.15, 0.2) is 6.29 Å². The molecule has 0 aliphatic rings. The fourth-order valence-electron chi connectivity index (χ4n) is 1.02. The number of nitrogens with zero attached hydrogens (tertiary/aromatic N) is 1. The quantitative estimate of drug-likeness (QED) is 0.674. The molecule has 0 spiro atoms. The minimum absolute atomic E-state index is 0.0810. The number of nitrogens with two attached hydrogens (primary N) is 1. The van der Waals surface area contributed by atoms with Crippen LogP contribution in [0.25, 0.3) is 0 Å². The van der Waals surface area contributed by atoms with Crippen LogP contribution in [0.2, 0.25) is 0 Å². The largest absolute Gasteiger partial charge is 0.398 e. The number of rotatable bonds is 3. The molecule has 0 aliphatic heterocycles. The monoisotopic (exact) mass is 264 g/mol. The molecule has 1 aromatic rings. The lowest BCUT2D eigenvalue weighted by Gasteiger charge is -2.08. The van der Waals surface area contributed by atoms with E-state index in [1.54, 1.807) is 0 Å². The fraction of sp³-hybridized carbons (Fsp3) is 0.250. The number of nitrogen functional groups attached to an aromatic ring is 1. The Morgan fingerprint density at radius 1 is 1.64 bits per heavy atom. The SMILES string of the molecule is Nc1cc(C=O)nc(C(F)F)c1CBr. The highest BCUT2D eigenvalue weighted by atomic mass is 79.9. The minimum atomic E-state index is -2.73. The van der Waals surface area contributed by atoms with Gasteiger partial charge in [-0.25, -0.2) is 13.8 Å². The van der Waals surface area contributed by atoms with Gasteiger partial charge in [0.05, 0.1) is 0 Å². The third-order valence-electron chi connectivity index (χ3n) is 1.67. The number of hydrogen-bond donors (Lipinski definition) is 1. The molecule has 0 atom stereocenters. The van der Waals surface area contributed by atoms with Crippen LogP contribution in [0, 0.1) is 0 Å². The zero-order valence-electron chi connectivity index (χ0n) is 7.01. The molecule has 0 aromatic carbocycles. The predicted octanol–water partition coefficient (Wildman–Crippen LogP) is 2.31. The van der Waals surface area contributed by atoms with E-state index < -0.39 is 12.1 Å². The first-order chi connectivity index (χ1) is 6.60. The fourth-order valence-corrected chi connectivity index (χ4v) is 1.63. The van der Waals surface area contributed by atoms with Gasteiger partial charge in [0, 0.05) is 16.6 Å². The van der Waals surface area contributed by atoms with E-state index in [0.29, 0.717) is 6.29 Å². The number of anilines is 1. The van der Waals surface area contributed by atoms with E-state index in [1.807, 2.05) is 0 Å².